The number of nitrogens with zero attached hydrogens (tertiary/aromatic N) is 6. The van der Waals surface area contributed by atoms with Crippen LogP contribution in [0.5, 0.6) is 5.75 Å². The Bertz CT molecular complexity index is 939. The molecule has 0 radical (unpaired) electrons. The van der Waals surface area contributed by atoms with Crippen molar-refractivity contribution in [2.45, 2.75) is 23.8 Å². The third-order valence-corrected chi connectivity index (χ3v) is 5.44. The van der Waals surface area contributed by atoms with Gasteiger partial charge in [0.25, 0.3) is 5.91 Å². The molecule has 9 heteroatoms. The van der Waals surface area contributed by atoms with Crippen LogP contribution in [0.3, 0.4) is 0 Å². The highest BCUT2D eigenvalue weighted by Gasteiger charge is 2.27. The first kappa shape index (κ1) is 18.4. The molecule has 0 atom stereocenters. The summed E-state index contributed by atoms with van der Waals surface area (Å²) in [5.41, 5.74) is 1.94. The van der Waals surface area contributed by atoms with Gasteiger partial charge in [-0.3, -0.25) is 4.79 Å². The number of thioether (sulfide) groups is 1. The van der Waals surface area contributed by atoms with E-state index in [0.717, 1.165) is 43.1 Å². The van der Waals surface area contributed by atoms with Crippen LogP contribution in [-0.2, 0) is 5.75 Å². The first-order chi connectivity index (χ1) is 13.8. The molecule has 2 aromatic heterocycles. The highest BCUT2D eigenvalue weighted by molar-refractivity contribution is 7.98. The van der Waals surface area contributed by atoms with Crippen molar-refractivity contribution in [2.75, 3.05) is 20.2 Å². The van der Waals surface area contributed by atoms with Crippen molar-refractivity contribution in [3.63, 3.8) is 0 Å². The molecule has 0 saturated carbocycles. The Morgan fingerprint density at radius 1 is 1.14 bits per heavy atom. The van der Waals surface area contributed by atoms with E-state index in [1.54, 1.807) is 30.3 Å². The summed E-state index contributed by atoms with van der Waals surface area (Å²) in [4.78, 5) is 23.3. The maximum atomic E-state index is 13.0. The van der Waals surface area contributed by atoms with Crippen LogP contribution in [0.25, 0.3) is 5.69 Å². The topological polar surface area (TPSA) is 86.0 Å². The first-order valence-electron chi connectivity index (χ1n) is 9.04. The Hall–Kier alpha value is -2.94. The van der Waals surface area contributed by atoms with Crippen molar-refractivity contribution in [3.8, 4) is 11.4 Å². The van der Waals surface area contributed by atoms with E-state index < -0.39 is 0 Å². The molecule has 1 amide bonds. The first-order valence-corrected chi connectivity index (χ1v) is 10.0. The standard InChI is InChI=1S/C19H20N6O2S/c1-27-15-7-5-14(6-8-15)25-16(13-28-19-20-9-4-10-21-19)17(22-23-25)18(26)24-11-2-3-12-24/h4-10H,2-3,11-13H2,1H3. The van der Waals surface area contributed by atoms with Gasteiger partial charge in [-0.05, 0) is 43.2 Å². The Morgan fingerprint density at radius 2 is 1.86 bits per heavy atom. The van der Waals surface area contributed by atoms with Gasteiger partial charge in [0.05, 0.1) is 18.5 Å². The van der Waals surface area contributed by atoms with Crippen LogP contribution in [0.2, 0.25) is 0 Å². The lowest BCUT2D eigenvalue weighted by Crippen LogP contribution is -2.28. The van der Waals surface area contributed by atoms with Gasteiger partial charge < -0.3 is 9.64 Å². The number of ether oxygens (including phenoxy) is 1. The number of amides is 1. The van der Waals surface area contributed by atoms with Gasteiger partial charge in [-0.25, -0.2) is 14.6 Å². The number of carbonyl (C=O) groups excluding carboxylic acids is 1. The maximum absolute atomic E-state index is 13.0. The SMILES string of the molecule is COc1ccc(-n2nnc(C(=O)N3CCCC3)c2CSc2ncccn2)cc1. The monoisotopic (exact) mass is 396 g/mol. The second kappa shape index (κ2) is 8.39. The van der Waals surface area contributed by atoms with Crippen molar-refractivity contribution in [1.29, 1.82) is 0 Å². The average molecular weight is 396 g/mol. The van der Waals surface area contributed by atoms with E-state index in [2.05, 4.69) is 20.3 Å². The third-order valence-electron chi connectivity index (χ3n) is 4.56. The normalized spacial score (nSPS) is 13.7. The van der Waals surface area contributed by atoms with Crippen LogP contribution in [-0.4, -0.2) is 56.0 Å². The van der Waals surface area contributed by atoms with Gasteiger partial charge in [0.1, 0.15) is 5.75 Å². The molecular weight excluding hydrogens is 376 g/mol. The molecule has 0 bridgehead atoms. The molecule has 1 saturated heterocycles. The quantitative estimate of drug-likeness (QED) is 0.467. The largest absolute Gasteiger partial charge is 0.497 e. The number of carbonyl (C=O) groups is 1. The van der Waals surface area contributed by atoms with Gasteiger partial charge in [0.15, 0.2) is 10.9 Å². The Morgan fingerprint density at radius 3 is 2.54 bits per heavy atom. The fraction of sp³-hybridized carbons (Fsp3) is 0.316. The van der Waals surface area contributed by atoms with E-state index in [1.807, 2.05) is 29.2 Å². The molecule has 8 nitrogen and oxygen atoms in total. The van der Waals surface area contributed by atoms with Crippen LogP contribution in [0, 0.1) is 0 Å². The number of hydrogen-bond acceptors (Lipinski definition) is 7. The Balaban J connectivity index is 1.67. The predicted molar refractivity (Wildman–Crippen MR) is 105 cm³/mol. The van der Waals surface area contributed by atoms with Gasteiger partial charge in [-0.2, -0.15) is 0 Å². The highest BCUT2D eigenvalue weighted by atomic mass is 32.2. The van der Waals surface area contributed by atoms with Crippen LogP contribution in [0.15, 0.2) is 47.9 Å². The molecule has 0 N–H and O–H groups in total. The minimum atomic E-state index is -0.0677. The van der Waals surface area contributed by atoms with Crippen LogP contribution < -0.4 is 4.74 Å². The number of methoxy groups -OCH3 is 1. The van der Waals surface area contributed by atoms with Gasteiger partial charge in [0, 0.05) is 31.2 Å². The number of rotatable bonds is 6. The Kier molecular flexibility index (Phi) is 5.52. The number of likely N-dealkylation sites (tertiary alicyclic amines) is 1. The average Bonchev–Trinajstić information content (AvgIpc) is 3.43. The molecule has 0 unspecified atom stereocenters. The van der Waals surface area contributed by atoms with Crippen molar-refractivity contribution >= 4 is 17.7 Å². The fourth-order valence-corrected chi connectivity index (χ4v) is 3.89. The smallest absolute Gasteiger partial charge is 0.276 e. The summed E-state index contributed by atoms with van der Waals surface area (Å²) in [5, 5.41) is 9.14. The molecule has 1 aromatic carbocycles. The van der Waals surface area contributed by atoms with Crippen molar-refractivity contribution in [3.05, 3.63) is 54.1 Å². The molecule has 1 aliphatic rings. The number of hydrogen-bond donors (Lipinski definition) is 0. The predicted octanol–water partition coefficient (Wildman–Crippen LogP) is 2.59. The summed E-state index contributed by atoms with van der Waals surface area (Å²) in [6, 6.07) is 9.28. The summed E-state index contributed by atoms with van der Waals surface area (Å²) in [5.74, 6) is 1.17. The summed E-state index contributed by atoms with van der Waals surface area (Å²) in [6.07, 6.45) is 5.45. The highest BCUT2D eigenvalue weighted by Crippen LogP contribution is 2.25. The third kappa shape index (κ3) is 3.84. The lowest BCUT2D eigenvalue weighted by Gasteiger charge is -2.14. The number of benzene rings is 1. The van der Waals surface area contributed by atoms with E-state index in [4.69, 9.17) is 4.74 Å². The molecule has 0 spiro atoms. The van der Waals surface area contributed by atoms with Gasteiger partial charge in [-0.15, -0.1) is 5.10 Å². The van der Waals surface area contributed by atoms with Crippen molar-refractivity contribution < 1.29 is 9.53 Å². The molecule has 28 heavy (non-hydrogen) atoms. The summed E-state index contributed by atoms with van der Waals surface area (Å²) >= 11 is 1.45. The summed E-state index contributed by atoms with van der Waals surface area (Å²) < 4.78 is 6.93. The van der Waals surface area contributed by atoms with E-state index in [1.165, 1.54) is 11.8 Å². The molecule has 1 aliphatic heterocycles. The van der Waals surface area contributed by atoms with Gasteiger partial charge in [-0.1, -0.05) is 17.0 Å². The summed E-state index contributed by atoms with van der Waals surface area (Å²) in [6.45, 7) is 1.53. The van der Waals surface area contributed by atoms with Crippen molar-refractivity contribution in [2.24, 2.45) is 0 Å². The van der Waals surface area contributed by atoms with E-state index in [9.17, 15) is 4.79 Å². The minimum Gasteiger partial charge on any atom is -0.497 e. The number of aromatic nitrogens is 5. The molecule has 1 fully saturated rings. The second-order valence-corrected chi connectivity index (χ2v) is 7.26. The van der Waals surface area contributed by atoms with Crippen LogP contribution in [0.1, 0.15) is 29.0 Å². The molecule has 0 aliphatic carbocycles. The minimum absolute atomic E-state index is 0.0677. The lowest BCUT2D eigenvalue weighted by molar-refractivity contribution is 0.0786. The van der Waals surface area contributed by atoms with Gasteiger partial charge >= 0.3 is 0 Å². The second-order valence-electron chi connectivity index (χ2n) is 6.31. The molecule has 3 aromatic rings. The zero-order chi connectivity index (χ0) is 19.3. The molecule has 4 rings (SSSR count). The fourth-order valence-electron chi connectivity index (χ4n) is 3.09. The van der Waals surface area contributed by atoms with Crippen LogP contribution >= 0.6 is 11.8 Å². The van der Waals surface area contributed by atoms with Gasteiger partial charge in [0.2, 0.25) is 0 Å². The molecule has 144 valence electrons. The summed E-state index contributed by atoms with van der Waals surface area (Å²) in [7, 11) is 1.62. The van der Waals surface area contributed by atoms with E-state index in [0.29, 0.717) is 16.6 Å². The van der Waals surface area contributed by atoms with E-state index >= 15 is 0 Å². The van der Waals surface area contributed by atoms with E-state index in [-0.39, 0.29) is 5.91 Å². The lowest BCUT2D eigenvalue weighted by atomic mass is 10.2. The molecule has 3 heterocycles. The molecular formula is C19H20N6O2S. The van der Waals surface area contributed by atoms with Crippen molar-refractivity contribution in [1.82, 2.24) is 29.9 Å². The maximum Gasteiger partial charge on any atom is 0.276 e. The zero-order valence-electron chi connectivity index (χ0n) is 15.5. The zero-order valence-corrected chi connectivity index (χ0v) is 16.3. The Labute approximate surface area is 166 Å². The van der Waals surface area contributed by atoms with Crippen LogP contribution in [0.4, 0.5) is 0 Å².